The summed E-state index contributed by atoms with van der Waals surface area (Å²) < 4.78 is 7.00. The van der Waals surface area contributed by atoms with Crippen LogP contribution in [0.15, 0.2) is 53.7 Å². The van der Waals surface area contributed by atoms with Gasteiger partial charge in [0.15, 0.2) is 17.4 Å². The zero-order valence-corrected chi connectivity index (χ0v) is 18.6. The summed E-state index contributed by atoms with van der Waals surface area (Å²) in [5, 5.41) is 17.5. The van der Waals surface area contributed by atoms with Crippen molar-refractivity contribution in [3.05, 3.63) is 60.0 Å². The molecule has 2 aromatic heterocycles. The number of methoxy groups -OCH3 is 1. The molecule has 0 atom stereocenters. The van der Waals surface area contributed by atoms with Crippen molar-refractivity contribution in [2.75, 3.05) is 27.2 Å². The van der Waals surface area contributed by atoms with E-state index in [1.165, 1.54) is 0 Å². The van der Waals surface area contributed by atoms with E-state index in [-0.39, 0.29) is 29.9 Å². The average molecular weight is 509 g/mol. The smallest absolute Gasteiger partial charge is 0.251 e. The maximum absolute atomic E-state index is 12.1. The molecule has 9 nitrogen and oxygen atoms in total. The fourth-order valence-corrected chi connectivity index (χ4v) is 2.60. The largest absolute Gasteiger partial charge is 0.497 e. The van der Waals surface area contributed by atoms with Gasteiger partial charge < -0.3 is 20.7 Å². The van der Waals surface area contributed by atoms with Gasteiger partial charge in [-0.15, -0.1) is 34.2 Å². The lowest BCUT2D eigenvalue weighted by molar-refractivity contribution is 0.0954. The van der Waals surface area contributed by atoms with E-state index in [9.17, 15) is 4.79 Å². The van der Waals surface area contributed by atoms with E-state index >= 15 is 0 Å². The summed E-state index contributed by atoms with van der Waals surface area (Å²) in [6.45, 7) is 1.46. The molecule has 0 saturated heterocycles. The summed E-state index contributed by atoms with van der Waals surface area (Å²) in [5.74, 6) is 1.98. The molecule has 1 aromatic carbocycles. The maximum Gasteiger partial charge on any atom is 0.251 e. The first-order valence-electron chi connectivity index (χ1n) is 8.86. The van der Waals surface area contributed by atoms with Crippen LogP contribution in [0.2, 0.25) is 0 Å². The Hall–Kier alpha value is -2.89. The number of halogens is 1. The predicted octanol–water partition coefficient (Wildman–Crippen LogP) is 1.45. The summed E-state index contributed by atoms with van der Waals surface area (Å²) in [7, 11) is 3.28. The third-order valence-electron chi connectivity index (χ3n) is 4.08. The number of pyridine rings is 1. The van der Waals surface area contributed by atoms with Gasteiger partial charge in [-0.2, -0.15) is 0 Å². The summed E-state index contributed by atoms with van der Waals surface area (Å²) in [5.41, 5.74) is 1.38. The minimum absolute atomic E-state index is 0. The molecule has 0 fully saturated rings. The van der Waals surface area contributed by atoms with Crippen LogP contribution in [0.1, 0.15) is 16.2 Å². The number of ether oxygens (including phenoxy) is 1. The number of benzene rings is 1. The van der Waals surface area contributed by atoms with Crippen LogP contribution in [0.5, 0.6) is 5.75 Å². The van der Waals surface area contributed by atoms with Crippen molar-refractivity contribution in [3.8, 4) is 5.75 Å². The number of nitrogens with zero attached hydrogens (tertiary/aromatic N) is 4. The van der Waals surface area contributed by atoms with Crippen LogP contribution in [-0.4, -0.2) is 53.7 Å². The number of amides is 1. The molecule has 2 heterocycles. The number of hydrogen-bond donors (Lipinski definition) is 3. The Morgan fingerprint density at radius 3 is 2.55 bits per heavy atom. The Labute approximate surface area is 186 Å². The maximum atomic E-state index is 12.1. The van der Waals surface area contributed by atoms with E-state index < -0.39 is 0 Å². The van der Waals surface area contributed by atoms with Crippen molar-refractivity contribution in [2.45, 2.75) is 6.54 Å². The molecule has 0 aliphatic carbocycles. The number of hydrogen-bond acceptors (Lipinski definition) is 5. The lowest BCUT2D eigenvalue weighted by Gasteiger charge is -2.12. The highest BCUT2D eigenvalue weighted by atomic mass is 127. The highest BCUT2D eigenvalue weighted by Gasteiger charge is 2.07. The van der Waals surface area contributed by atoms with Gasteiger partial charge in [-0.1, -0.05) is 6.07 Å². The second-order valence-electron chi connectivity index (χ2n) is 5.88. The van der Waals surface area contributed by atoms with Gasteiger partial charge in [-0.3, -0.25) is 14.2 Å². The second-order valence-corrected chi connectivity index (χ2v) is 5.88. The molecular formula is C19H24IN7O2. The molecule has 29 heavy (non-hydrogen) atoms. The molecule has 3 N–H and O–H groups in total. The van der Waals surface area contributed by atoms with E-state index in [1.807, 2.05) is 28.8 Å². The van der Waals surface area contributed by atoms with Gasteiger partial charge in [-0.05, 0) is 36.4 Å². The number of fused-ring (bicyclic) bond motifs is 1. The van der Waals surface area contributed by atoms with E-state index in [1.54, 1.807) is 38.4 Å². The number of rotatable bonds is 7. The molecule has 3 rings (SSSR count). The fraction of sp³-hybridized carbons (Fsp3) is 0.263. The monoisotopic (exact) mass is 509 g/mol. The van der Waals surface area contributed by atoms with Crippen LogP contribution in [0.3, 0.4) is 0 Å². The molecule has 1 amide bonds. The van der Waals surface area contributed by atoms with Gasteiger partial charge in [0.1, 0.15) is 5.75 Å². The van der Waals surface area contributed by atoms with Crippen LogP contribution in [-0.2, 0) is 6.54 Å². The summed E-state index contributed by atoms with van der Waals surface area (Å²) in [6, 6.07) is 12.7. The molecule has 0 bridgehead atoms. The lowest BCUT2D eigenvalue weighted by Crippen LogP contribution is -2.41. The molecule has 0 saturated carbocycles. The molecule has 154 valence electrons. The fourth-order valence-electron chi connectivity index (χ4n) is 2.60. The highest BCUT2D eigenvalue weighted by molar-refractivity contribution is 14.0. The third-order valence-corrected chi connectivity index (χ3v) is 4.08. The summed E-state index contributed by atoms with van der Waals surface area (Å²) in [4.78, 5) is 16.3. The van der Waals surface area contributed by atoms with Crippen molar-refractivity contribution >= 4 is 41.5 Å². The molecule has 0 radical (unpaired) electrons. The van der Waals surface area contributed by atoms with Crippen LogP contribution < -0.4 is 20.7 Å². The SMILES string of the molecule is CN=C(NCCNC(=O)c1ccc(OC)cc1)NCc1nnc2ccccn12.I. The molecule has 3 aromatic rings. The number of carbonyl (C=O) groups excluding carboxylic acids is 1. The number of aromatic nitrogens is 3. The standard InChI is InChI=1S/C19H23N7O2.HI/c1-20-19(23-13-17-25-24-16-5-3-4-12-26(16)17)22-11-10-21-18(27)14-6-8-15(28-2)9-7-14;/h3-9,12H,10-11,13H2,1-2H3,(H,21,27)(H2,20,22,23);1H. The molecule has 0 unspecified atom stereocenters. The first-order chi connectivity index (χ1) is 13.7. The molecular weight excluding hydrogens is 485 g/mol. The quantitative estimate of drug-likeness (QED) is 0.193. The van der Waals surface area contributed by atoms with Gasteiger partial charge in [0, 0.05) is 31.9 Å². The topological polar surface area (TPSA) is 105 Å². The van der Waals surface area contributed by atoms with Gasteiger partial charge in [0.2, 0.25) is 0 Å². The minimum Gasteiger partial charge on any atom is -0.497 e. The van der Waals surface area contributed by atoms with Gasteiger partial charge >= 0.3 is 0 Å². The van der Waals surface area contributed by atoms with Crippen LogP contribution in [0, 0.1) is 0 Å². The van der Waals surface area contributed by atoms with Gasteiger partial charge in [-0.25, -0.2) is 0 Å². The lowest BCUT2D eigenvalue weighted by atomic mass is 10.2. The van der Waals surface area contributed by atoms with Crippen LogP contribution in [0.25, 0.3) is 5.65 Å². The Morgan fingerprint density at radius 2 is 1.83 bits per heavy atom. The molecule has 10 heteroatoms. The summed E-state index contributed by atoms with van der Waals surface area (Å²) in [6.07, 6.45) is 1.91. The van der Waals surface area contributed by atoms with E-state index in [0.717, 1.165) is 11.5 Å². The Bertz CT molecular complexity index is 957. The van der Waals surface area contributed by atoms with Gasteiger partial charge in [0.05, 0.1) is 13.7 Å². The Kier molecular flexibility index (Phi) is 8.65. The van der Waals surface area contributed by atoms with E-state index in [0.29, 0.717) is 36.9 Å². The first-order valence-corrected chi connectivity index (χ1v) is 8.86. The molecule has 0 aliphatic heterocycles. The normalized spacial score (nSPS) is 10.9. The minimum atomic E-state index is -0.137. The number of carbonyl (C=O) groups is 1. The molecule has 0 aliphatic rings. The predicted molar refractivity (Wildman–Crippen MR) is 122 cm³/mol. The van der Waals surface area contributed by atoms with Gasteiger partial charge in [0.25, 0.3) is 5.91 Å². The zero-order valence-electron chi connectivity index (χ0n) is 16.3. The average Bonchev–Trinajstić information content (AvgIpc) is 3.16. The molecule has 0 spiro atoms. The van der Waals surface area contributed by atoms with Crippen molar-refractivity contribution in [2.24, 2.45) is 4.99 Å². The Morgan fingerprint density at radius 1 is 1.07 bits per heavy atom. The van der Waals surface area contributed by atoms with Crippen LogP contribution in [0.4, 0.5) is 0 Å². The van der Waals surface area contributed by atoms with Crippen molar-refractivity contribution < 1.29 is 9.53 Å². The van der Waals surface area contributed by atoms with Crippen molar-refractivity contribution in [3.63, 3.8) is 0 Å². The number of aliphatic imine (C=N–C) groups is 1. The van der Waals surface area contributed by atoms with Crippen molar-refractivity contribution in [1.29, 1.82) is 0 Å². The third kappa shape index (κ3) is 6.04. The highest BCUT2D eigenvalue weighted by Crippen LogP contribution is 2.10. The van der Waals surface area contributed by atoms with Crippen molar-refractivity contribution in [1.82, 2.24) is 30.5 Å². The van der Waals surface area contributed by atoms with E-state index in [4.69, 9.17) is 4.74 Å². The zero-order chi connectivity index (χ0) is 19.8. The second kappa shape index (κ2) is 11.2. The van der Waals surface area contributed by atoms with Crippen LogP contribution >= 0.6 is 24.0 Å². The number of nitrogens with one attached hydrogen (secondary N) is 3. The summed E-state index contributed by atoms with van der Waals surface area (Å²) >= 11 is 0. The first kappa shape index (κ1) is 22.4. The Balaban J connectivity index is 0.00000300. The number of guanidine groups is 1. The van der Waals surface area contributed by atoms with E-state index in [2.05, 4.69) is 31.1 Å².